The molecule has 0 aromatic carbocycles. The molecule has 0 atom stereocenters. The van der Waals surface area contributed by atoms with Crippen LogP contribution in [0.5, 0.6) is 0 Å². The zero-order chi connectivity index (χ0) is 8.55. The summed E-state index contributed by atoms with van der Waals surface area (Å²) in [4.78, 5) is 11.2. The van der Waals surface area contributed by atoms with Gasteiger partial charge in [-0.25, -0.2) is 0 Å². The molecule has 1 aromatic heterocycles. The van der Waals surface area contributed by atoms with E-state index in [4.69, 9.17) is 5.11 Å². The summed E-state index contributed by atoms with van der Waals surface area (Å²) in [5.41, 5.74) is 1.08. The SMILES string of the molecule is O=C1NCCn2nc(CO)cc21. The number of nitrogens with zero attached hydrogens (tertiary/aromatic N) is 2. The molecule has 0 fully saturated rings. The van der Waals surface area contributed by atoms with E-state index in [0.717, 1.165) is 0 Å². The van der Waals surface area contributed by atoms with E-state index in [1.807, 2.05) is 0 Å². The maximum atomic E-state index is 11.2. The number of carbonyl (C=O) groups is 1. The second-order valence-electron chi connectivity index (χ2n) is 2.66. The van der Waals surface area contributed by atoms with Crippen LogP contribution in [0.25, 0.3) is 0 Å². The Kier molecular flexibility index (Phi) is 1.58. The first-order valence-corrected chi connectivity index (χ1v) is 3.77. The number of hydrogen-bond acceptors (Lipinski definition) is 3. The second-order valence-corrected chi connectivity index (χ2v) is 2.66. The van der Waals surface area contributed by atoms with Crippen molar-refractivity contribution >= 4 is 5.91 Å². The number of aliphatic hydroxyl groups is 1. The smallest absolute Gasteiger partial charge is 0.269 e. The molecule has 0 aliphatic carbocycles. The van der Waals surface area contributed by atoms with Gasteiger partial charge in [0.15, 0.2) is 0 Å². The van der Waals surface area contributed by atoms with Crippen molar-refractivity contribution in [1.29, 1.82) is 0 Å². The highest BCUT2D eigenvalue weighted by Gasteiger charge is 2.18. The topological polar surface area (TPSA) is 67.2 Å². The van der Waals surface area contributed by atoms with Crippen LogP contribution >= 0.6 is 0 Å². The molecule has 5 heteroatoms. The molecular weight excluding hydrogens is 158 g/mol. The van der Waals surface area contributed by atoms with E-state index >= 15 is 0 Å². The van der Waals surface area contributed by atoms with E-state index in [0.29, 0.717) is 24.5 Å². The average Bonchev–Trinajstić information content (AvgIpc) is 2.49. The van der Waals surface area contributed by atoms with Crippen LogP contribution in [0.2, 0.25) is 0 Å². The van der Waals surface area contributed by atoms with Crippen molar-refractivity contribution in [1.82, 2.24) is 15.1 Å². The molecular formula is C7H9N3O2. The Labute approximate surface area is 69.0 Å². The minimum Gasteiger partial charge on any atom is -0.390 e. The maximum Gasteiger partial charge on any atom is 0.269 e. The van der Waals surface area contributed by atoms with Crippen LogP contribution in [0.1, 0.15) is 16.2 Å². The quantitative estimate of drug-likeness (QED) is 0.570. The summed E-state index contributed by atoms with van der Waals surface area (Å²) < 4.78 is 1.62. The molecule has 2 heterocycles. The molecule has 1 aliphatic rings. The fourth-order valence-electron chi connectivity index (χ4n) is 1.27. The molecule has 1 amide bonds. The van der Waals surface area contributed by atoms with Crippen LogP contribution in [-0.4, -0.2) is 27.3 Å². The van der Waals surface area contributed by atoms with E-state index in [2.05, 4.69) is 10.4 Å². The van der Waals surface area contributed by atoms with E-state index in [-0.39, 0.29) is 12.5 Å². The van der Waals surface area contributed by atoms with Crippen LogP contribution in [0, 0.1) is 0 Å². The minimum atomic E-state index is -0.118. The summed E-state index contributed by atoms with van der Waals surface area (Å²) >= 11 is 0. The molecule has 1 aliphatic heterocycles. The van der Waals surface area contributed by atoms with Gasteiger partial charge in [0.1, 0.15) is 5.69 Å². The summed E-state index contributed by atoms with van der Waals surface area (Å²) in [6.45, 7) is 1.17. The zero-order valence-corrected chi connectivity index (χ0v) is 6.45. The lowest BCUT2D eigenvalue weighted by atomic mass is 10.3. The molecule has 0 radical (unpaired) electrons. The summed E-state index contributed by atoms with van der Waals surface area (Å²) in [6.07, 6.45) is 0. The molecule has 0 unspecified atom stereocenters. The van der Waals surface area contributed by atoms with Gasteiger partial charge in [-0.1, -0.05) is 0 Å². The van der Waals surface area contributed by atoms with Gasteiger partial charge in [0.05, 0.1) is 18.8 Å². The van der Waals surface area contributed by atoms with Gasteiger partial charge in [-0.3, -0.25) is 9.48 Å². The van der Waals surface area contributed by atoms with Crippen molar-refractivity contribution in [3.63, 3.8) is 0 Å². The molecule has 12 heavy (non-hydrogen) atoms. The molecule has 2 N–H and O–H groups in total. The first-order valence-electron chi connectivity index (χ1n) is 3.77. The Hall–Kier alpha value is -1.36. The highest BCUT2D eigenvalue weighted by atomic mass is 16.3. The predicted molar refractivity (Wildman–Crippen MR) is 40.5 cm³/mol. The first-order chi connectivity index (χ1) is 5.81. The Morgan fingerprint density at radius 2 is 2.58 bits per heavy atom. The fourth-order valence-corrected chi connectivity index (χ4v) is 1.27. The second kappa shape index (κ2) is 2.60. The summed E-state index contributed by atoms with van der Waals surface area (Å²) in [6, 6.07) is 1.61. The third kappa shape index (κ3) is 0.984. The number of amides is 1. The Bertz CT molecular complexity index is 318. The Balaban J connectivity index is 2.43. The van der Waals surface area contributed by atoms with E-state index in [1.54, 1.807) is 10.7 Å². The van der Waals surface area contributed by atoms with Gasteiger partial charge in [-0.15, -0.1) is 0 Å². The van der Waals surface area contributed by atoms with Crippen LogP contribution in [0.4, 0.5) is 0 Å². The average molecular weight is 167 g/mol. The summed E-state index contributed by atoms with van der Waals surface area (Å²) in [7, 11) is 0. The van der Waals surface area contributed by atoms with E-state index in [9.17, 15) is 4.79 Å². The van der Waals surface area contributed by atoms with Gasteiger partial charge in [0.2, 0.25) is 0 Å². The highest BCUT2D eigenvalue weighted by molar-refractivity contribution is 5.93. The van der Waals surface area contributed by atoms with Crippen molar-refractivity contribution in [2.24, 2.45) is 0 Å². The van der Waals surface area contributed by atoms with E-state index in [1.165, 1.54) is 0 Å². The number of carbonyl (C=O) groups excluding carboxylic acids is 1. The number of fused-ring (bicyclic) bond motifs is 1. The minimum absolute atomic E-state index is 0.117. The number of aromatic nitrogens is 2. The van der Waals surface area contributed by atoms with Gasteiger partial charge in [-0.2, -0.15) is 5.10 Å². The molecule has 2 rings (SSSR count). The number of nitrogens with one attached hydrogen (secondary N) is 1. The molecule has 0 saturated carbocycles. The van der Waals surface area contributed by atoms with Crippen LogP contribution in [0.15, 0.2) is 6.07 Å². The van der Waals surface area contributed by atoms with E-state index < -0.39 is 0 Å². The van der Waals surface area contributed by atoms with Gasteiger partial charge in [0.25, 0.3) is 5.91 Å². The van der Waals surface area contributed by atoms with Crippen molar-refractivity contribution < 1.29 is 9.90 Å². The third-order valence-electron chi connectivity index (χ3n) is 1.83. The summed E-state index contributed by atoms with van der Waals surface area (Å²) in [5, 5.41) is 15.5. The lowest BCUT2D eigenvalue weighted by molar-refractivity contribution is 0.0924. The summed E-state index contributed by atoms with van der Waals surface area (Å²) in [5.74, 6) is -0.117. The number of aliphatic hydroxyl groups excluding tert-OH is 1. The third-order valence-corrected chi connectivity index (χ3v) is 1.83. The largest absolute Gasteiger partial charge is 0.390 e. The van der Waals surface area contributed by atoms with Crippen LogP contribution < -0.4 is 5.32 Å². The highest BCUT2D eigenvalue weighted by Crippen LogP contribution is 2.07. The van der Waals surface area contributed by atoms with Gasteiger partial charge in [0, 0.05) is 6.54 Å². The van der Waals surface area contributed by atoms with Crippen molar-refractivity contribution in [3.05, 3.63) is 17.5 Å². The zero-order valence-electron chi connectivity index (χ0n) is 6.45. The van der Waals surface area contributed by atoms with Crippen LogP contribution in [-0.2, 0) is 13.2 Å². The lowest BCUT2D eigenvalue weighted by Crippen LogP contribution is -2.35. The molecule has 0 saturated heterocycles. The standard InChI is InChI=1S/C7H9N3O2/c11-4-5-3-6-7(12)8-1-2-10(6)9-5/h3,11H,1-2,4H2,(H,8,12). The van der Waals surface area contributed by atoms with Gasteiger partial charge < -0.3 is 10.4 Å². The Morgan fingerprint density at radius 3 is 3.25 bits per heavy atom. The fraction of sp³-hybridized carbons (Fsp3) is 0.429. The number of rotatable bonds is 1. The first kappa shape index (κ1) is 7.30. The van der Waals surface area contributed by atoms with Crippen molar-refractivity contribution in [2.75, 3.05) is 6.54 Å². The van der Waals surface area contributed by atoms with Gasteiger partial charge in [-0.05, 0) is 6.07 Å². The molecule has 64 valence electrons. The van der Waals surface area contributed by atoms with Crippen molar-refractivity contribution in [2.45, 2.75) is 13.2 Å². The maximum absolute atomic E-state index is 11.2. The lowest BCUT2D eigenvalue weighted by Gasteiger charge is -2.13. The predicted octanol–water partition coefficient (Wildman–Crippen LogP) is -0.881. The Morgan fingerprint density at radius 1 is 1.75 bits per heavy atom. The number of hydrogen-bond donors (Lipinski definition) is 2. The monoisotopic (exact) mass is 167 g/mol. The van der Waals surface area contributed by atoms with Gasteiger partial charge >= 0.3 is 0 Å². The molecule has 1 aromatic rings. The normalized spacial score (nSPS) is 15.6. The van der Waals surface area contributed by atoms with Crippen molar-refractivity contribution in [3.8, 4) is 0 Å². The molecule has 5 nitrogen and oxygen atoms in total. The molecule has 0 bridgehead atoms. The van der Waals surface area contributed by atoms with Crippen LogP contribution in [0.3, 0.4) is 0 Å². The molecule has 0 spiro atoms.